The third-order valence-electron chi connectivity index (χ3n) is 7.96. The van der Waals surface area contributed by atoms with E-state index in [0.717, 1.165) is 17.2 Å². The minimum Gasteiger partial charge on any atom is -0.507 e. The first-order valence-electron chi connectivity index (χ1n) is 12.1. The summed E-state index contributed by atoms with van der Waals surface area (Å²) in [5, 5.41) is 22.0. The van der Waals surface area contributed by atoms with E-state index in [1.54, 1.807) is 12.1 Å². The SMILES string of the molecule is Nc1nnc(-c2ccccc2O)cc1-c1ccc(C2CC3(C2)CN(C2CCNCC2)C3)cc1. The zero-order valence-corrected chi connectivity index (χ0v) is 18.9. The molecule has 6 nitrogen and oxygen atoms in total. The molecule has 6 rings (SSSR count). The molecular formula is C27H31N5O. The van der Waals surface area contributed by atoms with Gasteiger partial charge in [-0.2, -0.15) is 0 Å². The third kappa shape index (κ3) is 3.77. The number of nitrogen functional groups attached to an aromatic ring is 1. The Morgan fingerprint density at radius 1 is 0.939 bits per heavy atom. The molecule has 1 spiro atoms. The molecule has 0 amide bonds. The van der Waals surface area contributed by atoms with Crippen molar-refractivity contribution < 1.29 is 5.11 Å². The Morgan fingerprint density at radius 2 is 1.67 bits per heavy atom. The Kier molecular flexibility index (Phi) is 5.07. The van der Waals surface area contributed by atoms with Gasteiger partial charge in [0.2, 0.25) is 0 Å². The summed E-state index contributed by atoms with van der Waals surface area (Å²) in [5.74, 6) is 1.25. The van der Waals surface area contributed by atoms with Crippen LogP contribution in [0.25, 0.3) is 22.4 Å². The molecule has 3 heterocycles. The lowest BCUT2D eigenvalue weighted by Gasteiger charge is -2.61. The van der Waals surface area contributed by atoms with Crippen LogP contribution >= 0.6 is 0 Å². The number of benzene rings is 2. The minimum atomic E-state index is 0.187. The van der Waals surface area contributed by atoms with Crippen LogP contribution in [0.2, 0.25) is 0 Å². The smallest absolute Gasteiger partial charge is 0.154 e. The number of aromatic hydroxyl groups is 1. The average Bonchev–Trinajstić information content (AvgIpc) is 2.79. The van der Waals surface area contributed by atoms with Crippen molar-refractivity contribution in [3.63, 3.8) is 0 Å². The number of phenols is 1. The second-order valence-electron chi connectivity index (χ2n) is 10.2. The number of nitrogens with two attached hydrogens (primary N) is 1. The number of phenolic OH excluding ortho intramolecular Hbond substituents is 1. The maximum Gasteiger partial charge on any atom is 0.154 e. The highest BCUT2D eigenvalue weighted by Crippen LogP contribution is 2.56. The first-order chi connectivity index (χ1) is 16.1. The molecule has 1 saturated carbocycles. The number of likely N-dealkylation sites (tertiary alicyclic amines) is 1. The number of anilines is 1. The van der Waals surface area contributed by atoms with E-state index >= 15 is 0 Å². The monoisotopic (exact) mass is 441 g/mol. The summed E-state index contributed by atoms with van der Waals surface area (Å²) in [6.45, 7) is 4.93. The first-order valence-corrected chi connectivity index (χ1v) is 12.1. The lowest BCUT2D eigenvalue weighted by molar-refractivity contribution is -0.0989. The van der Waals surface area contributed by atoms with Crippen molar-refractivity contribution >= 4 is 5.82 Å². The number of hydrogen-bond donors (Lipinski definition) is 3. The van der Waals surface area contributed by atoms with Gasteiger partial charge in [-0.15, -0.1) is 10.2 Å². The average molecular weight is 442 g/mol. The van der Waals surface area contributed by atoms with E-state index in [1.807, 2.05) is 18.2 Å². The molecule has 0 atom stereocenters. The molecule has 2 aliphatic heterocycles. The number of rotatable bonds is 4. The fourth-order valence-electron chi connectivity index (χ4n) is 6.11. The molecular weight excluding hydrogens is 410 g/mol. The molecule has 0 radical (unpaired) electrons. The van der Waals surface area contributed by atoms with Crippen molar-refractivity contribution in [2.24, 2.45) is 5.41 Å². The Labute approximate surface area is 194 Å². The number of hydrogen-bond acceptors (Lipinski definition) is 6. The van der Waals surface area contributed by atoms with Crippen LogP contribution < -0.4 is 11.1 Å². The molecule has 1 aromatic heterocycles. The molecule has 2 saturated heterocycles. The van der Waals surface area contributed by atoms with E-state index in [9.17, 15) is 5.11 Å². The zero-order chi connectivity index (χ0) is 22.4. The van der Waals surface area contributed by atoms with Gasteiger partial charge in [0.15, 0.2) is 5.82 Å². The van der Waals surface area contributed by atoms with Crippen LogP contribution in [0.4, 0.5) is 5.82 Å². The molecule has 0 unspecified atom stereocenters. The van der Waals surface area contributed by atoms with Gasteiger partial charge in [0.05, 0.1) is 5.69 Å². The number of nitrogens with one attached hydrogen (secondary N) is 1. The Balaban J connectivity index is 1.13. The predicted molar refractivity (Wildman–Crippen MR) is 131 cm³/mol. The van der Waals surface area contributed by atoms with Gasteiger partial charge in [-0.3, -0.25) is 4.90 Å². The highest BCUT2D eigenvalue weighted by molar-refractivity contribution is 5.79. The van der Waals surface area contributed by atoms with E-state index in [-0.39, 0.29) is 5.75 Å². The molecule has 4 N–H and O–H groups in total. The van der Waals surface area contributed by atoms with Gasteiger partial charge in [-0.05, 0) is 79.4 Å². The fourth-order valence-corrected chi connectivity index (χ4v) is 6.11. The summed E-state index contributed by atoms with van der Waals surface area (Å²) >= 11 is 0. The Morgan fingerprint density at radius 3 is 2.39 bits per heavy atom. The van der Waals surface area contributed by atoms with Crippen molar-refractivity contribution in [1.29, 1.82) is 0 Å². The van der Waals surface area contributed by atoms with Crippen LogP contribution in [0.15, 0.2) is 54.6 Å². The van der Waals surface area contributed by atoms with Gasteiger partial charge in [0, 0.05) is 30.3 Å². The highest BCUT2D eigenvalue weighted by Gasteiger charge is 2.53. The Bertz CT molecular complexity index is 1140. The van der Waals surface area contributed by atoms with E-state index in [1.165, 1.54) is 57.4 Å². The standard InChI is InChI=1S/C27H31N5O/c28-26-23(13-24(30-31-26)22-3-1-2-4-25(22)33)19-7-5-18(6-8-19)20-14-27(15-20)16-32(17-27)21-9-11-29-12-10-21/h1-8,13,20-21,29,33H,9-12,14-17H2,(H2,28,31). The van der Waals surface area contributed by atoms with Crippen molar-refractivity contribution in [3.05, 3.63) is 60.2 Å². The van der Waals surface area contributed by atoms with Crippen LogP contribution in [0.1, 0.15) is 37.2 Å². The quantitative estimate of drug-likeness (QED) is 0.567. The van der Waals surface area contributed by atoms with E-state index in [4.69, 9.17) is 5.73 Å². The van der Waals surface area contributed by atoms with Gasteiger partial charge in [0.1, 0.15) is 5.75 Å². The van der Waals surface area contributed by atoms with Gasteiger partial charge >= 0.3 is 0 Å². The molecule has 2 aromatic carbocycles. The minimum absolute atomic E-state index is 0.187. The number of para-hydroxylation sites is 1. The molecule has 33 heavy (non-hydrogen) atoms. The van der Waals surface area contributed by atoms with Crippen LogP contribution in [-0.4, -0.2) is 52.4 Å². The van der Waals surface area contributed by atoms with E-state index in [2.05, 4.69) is 44.7 Å². The summed E-state index contributed by atoms with van der Waals surface area (Å²) in [5.41, 5.74) is 11.3. The van der Waals surface area contributed by atoms with Gasteiger partial charge in [0.25, 0.3) is 0 Å². The molecule has 3 aliphatic rings. The maximum absolute atomic E-state index is 10.2. The number of piperidine rings is 1. The van der Waals surface area contributed by atoms with Crippen molar-refractivity contribution in [1.82, 2.24) is 20.4 Å². The van der Waals surface area contributed by atoms with Gasteiger partial charge < -0.3 is 16.2 Å². The number of aromatic nitrogens is 2. The van der Waals surface area contributed by atoms with Crippen LogP contribution in [0, 0.1) is 5.41 Å². The number of nitrogens with zero attached hydrogens (tertiary/aromatic N) is 3. The first kappa shape index (κ1) is 20.6. The topological polar surface area (TPSA) is 87.3 Å². The van der Waals surface area contributed by atoms with Crippen LogP contribution in [0.5, 0.6) is 5.75 Å². The maximum atomic E-state index is 10.2. The zero-order valence-electron chi connectivity index (χ0n) is 18.9. The molecule has 3 aromatic rings. The van der Waals surface area contributed by atoms with Crippen LogP contribution in [-0.2, 0) is 0 Å². The van der Waals surface area contributed by atoms with Crippen molar-refractivity contribution in [2.75, 3.05) is 31.9 Å². The summed E-state index contributed by atoms with van der Waals surface area (Å²) in [7, 11) is 0. The predicted octanol–water partition coefficient (Wildman–Crippen LogP) is 4.03. The third-order valence-corrected chi connectivity index (χ3v) is 7.96. The lowest BCUT2D eigenvalue weighted by atomic mass is 9.55. The largest absolute Gasteiger partial charge is 0.507 e. The van der Waals surface area contributed by atoms with Crippen molar-refractivity contribution in [2.45, 2.75) is 37.6 Å². The van der Waals surface area contributed by atoms with E-state index in [0.29, 0.717) is 28.4 Å². The van der Waals surface area contributed by atoms with Crippen LogP contribution in [0.3, 0.4) is 0 Å². The lowest BCUT2D eigenvalue weighted by Crippen LogP contribution is -2.65. The summed E-state index contributed by atoms with van der Waals surface area (Å²) in [6.07, 6.45) is 5.23. The normalized spacial score (nSPS) is 21.0. The highest BCUT2D eigenvalue weighted by atomic mass is 16.3. The molecule has 1 aliphatic carbocycles. The summed E-state index contributed by atoms with van der Waals surface area (Å²) in [4.78, 5) is 2.72. The second-order valence-corrected chi connectivity index (χ2v) is 10.2. The van der Waals surface area contributed by atoms with Gasteiger partial charge in [-0.1, -0.05) is 36.4 Å². The van der Waals surface area contributed by atoms with E-state index < -0.39 is 0 Å². The molecule has 3 fully saturated rings. The molecule has 170 valence electrons. The van der Waals surface area contributed by atoms with Crippen molar-refractivity contribution in [3.8, 4) is 28.1 Å². The molecule has 6 heteroatoms. The summed E-state index contributed by atoms with van der Waals surface area (Å²) < 4.78 is 0. The molecule has 0 bridgehead atoms. The summed E-state index contributed by atoms with van der Waals surface area (Å²) in [6, 6.07) is 18.7. The van der Waals surface area contributed by atoms with Gasteiger partial charge in [-0.25, -0.2) is 0 Å². The Hall–Kier alpha value is -2.96. The fraction of sp³-hybridized carbons (Fsp3) is 0.407. The second kappa shape index (κ2) is 8.12.